The lowest BCUT2D eigenvalue weighted by Gasteiger charge is -2.44. The minimum absolute atomic E-state index is 0.00942. The van der Waals surface area contributed by atoms with Crippen LogP contribution in [0.4, 0.5) is 0 Å². The molecule has 6 heteroatoms. The summed E-state index contributed by atoms with van der Waals surface area (Å²) in [4.78, 5) is 23.5. The third-order valence-electron chi connectivity index (χ3n) is 3.91. The first-order chi connectivity index (χ1) is 8.81. The number of ketones is 1. The summed E-state index contributed by atoms with van der Waals surface area (Å²) in [6, 6.07) is 5.30. The fourth-order valence-corrected chi connectivity index (χ4v) is 2.80. The van der Waals surface area contributed by atoms with Gasteiger partial charge in [-0.25, -0.2) is 0 Å². The smallest absolute Gasteiger partial charge is 0.241 e. The molecule has 0 aromatic heterocycles. The zero-order chi connectivity index (χ0) is 14.8. The fourth-order valence-electron chi connectivity index (χ4n) is 2.80. The third kappa shape index (κ3) is 1.75. The molecule has 19 heavy (non-hydrogen) atoms. The maximum atomic E-state index is 11.8. The van der Waals surface area contributed by atoms with Gasteiger partial charge < -0.3 is 5.73 Å². The van der Waals surface area contributed by atoms with Crippen LogP contribution in [0.2, 0.25) is 0 Å². The zero-order valence-electron chi connectivity index (χ0n) is 10.8. The minimum atomic E-state index is -2.07. The summed E-state index contributed by atoms with van der Waals surface area (Å²) in [7, 11) is 0. The Morgan fingerprint density at radius 2 is 1.84 bits per heavy atom. The Hall–Kier alpha value is -2.39. The summed E-state index contributed by atoms with van der Waals surface area (Å²) < 4.78 is 0. The second-order valence-electron chi connectivity index (χ2n) is 5.18. The summed E-state index contributed by atoms with van der Waals surface area (Å²) in [5.74, 6) is -2.29. The van der Waals surface area contributed by atoms with Crippen LogP contribution in [0.25, 0.3) is 0 Å². The van der Waals surface area contributed by atoms with Gasteiger partial charge in [-0.15, -0.1) is 0 Å². The number of carbonyl (C=O) groups is 2. The van der Waals surface area contributed by atoms with E-state index >= 15 is 0 Å². The van der Waals surface area contributed by atoms with Crippen molar-refractivity contribution < 1.29 is 9.59 Å². The van der Waals surface area contributed by atoms with Crippen LogP contribution in [0, 0.1) is 56.7 Å². The van der Waals surface area contributed by atoms with Crippen molar-refractivity contribution in [1.82, 2.24) is 0 Å². The van der Waals surface area contributed by atoms with E-state index in [1.807, 2.05) is 0 Å². The van der Waals surface area contributed by atoms with Crippen LogP contribution in [0.1, 0.15) is 26.7 Å². The van der Waals surface area contributed by atoms with Crippen molar-refractivity contribution in [1.29, 1.82) is 15.8 Å². The molecule has 98 valence electrons. The van der Waals surface area contributed by atoms with Gasteiger partial charge in [0.25, 0.3) is 0 Å². The van der Waals surface area contributed by atoms with Gasteiger partial charge in [-0.2, -0.15) is 15.8 Å². The van der Waals surface area contributed by atoms with Gasteiger partial charge in [0.05, 0.1) is 18.2 Å². The molecule has 1 amide bonds. The van der Waals surface area contributed by atoms with Gasteiger partial charge in [0, 0.05) is 18.8 Å². The van der Waals surface area contributed by atoms with E-state index in [2.05, 4.69) is 0 Å². The third-order valence-corrected chi connectivity index (χ3v) is 3.91. The van der Waals surface area contributed by atoms with Gasteiger partial charge in [0.1, 0.15) is 5.78 Å². The van der Waals surface area contributed by atoms with Crippen LogP contribution in [0.3, 0.4) is 0 Å². The Kier molecular flexibility index (Phi) is 3.63. The van der Waals surface area contributed by atoms with Crippen molar-refractivity contribution in [2.45, 2.75) is 26.7 Å². The van der Waals surface area contributed by atoms with E-state index in [-0.39, 0.29) is 18.1 Å². The lowest BCUT2D eigenvalue weighted by Crippen LogP contribution is -2.58. The number of nitrogens with two attached hydrogens (primary N) is 1. The summed E-state index contributed by atoms with van der Waals surface area (Å²) >= 11 is 0. The average Bonchev–Trinajstić information content (AvgIpc) is 2.37. The Bertz CT molecular complexity index is 532. The van der Waals surface area contributed by atoms with Crippen molar-refractivity contribution in [2.75, 3.05) is 0 Å². The van der Waals surface area contributed by atoms with Crippen molar-refractivity contribution in [3.05, 3.63) is 0 Å². The number of nitriles is 3. The van der Waals surface area contributed by atoms with E-state index in [1.54, 1.807) is 32.1 Å². The molecule has 0 spiro atoms. The zero-order valence-corrected chi connectivity index (χ0v) is 10.8. The van der Waals surface area contributed by atoms with Crippen molar-refractivity contribution >= 4 is 11.7 Å². The normalized spacial score (nSPS) is 29.1. The molecule has 0 unspecified atom stereocenters. The van der Waals surface area contributed by atoms with E-state index in [1.165, 1.54) is 0 Å². The molecule has 2 N–H and O–H groups in total. The predicted molar refractivity (Wildman–Crippen MR) is 63.5 cm³/mol. The van der Waals surface area contributed by atoms with E-state index in [9.17, 15) is 25.4 Å². The van der Waals surface area contributed by atoms with Gasteiger partial charge in [0.2, 0.25) is 5.91 Å². The van der Waals surface area contributed by atoms with Crippen LogP contribution in [0.5, 0.6) is 0 Å². The fraction of sp³-hybridized carbons (Fsp3) is 0.615. The van der Waals surface area contributed by atoms with E-state index in [0.717, 1.165) is 0 Å². The highest BCUT2D eigenvalue weighted by atomic mass is 16.2. The van der Waals surface area contributed by atoms with Crippen molar-refractivity contribution in [3.8, 4) is 18.2 Å². The molecule has 0 saturated heterocycles. The summed E-state index contributed by atoms with van der Waals surface area (Å²) in [6.45, 7) is 3.49. The number of hydrogen-bond donors (Lipinski definition) is 1. The average molecular weight is 258 g/mol. The predicted octanol–water partition coefficient (Wildman–Crippen LogP) is 0.650. The quantitative estimate of drug-likeness (QED) is 0.776. The molecule has 0 aromatic carbocycles. The molecule has 2 atom stereocenters. The lowest BCUT2D eigenvalue weighted by molar-refractivity contribution is -0.141. The second kappa shape index (κ2) is 4.71. The molecule has 0 aliphatic heterocycles. The van der Waals surface area contributed by atoms with Crippen LogP contribution in [-0.4, -0.2) is 11.7 Å². The summed E-state index contributed by atoms with van der Waals surface area (Å²) in [5.41, 5.74) is 1.30. The largest absolute Gasteiger partial charge is 0.368 e. The molecule has 0 heterocycles. The number of rotatable bonds is 2. The van der Waals surface area contributed by atoms with Gasteiger partial charge in [-0.05, 0) is 5.92 Å². The highest BCUT2D eigenvalue weighted by Crippen LogP contribution is 2.54. The van der Waals surface area contributed by atoms with Crippen molar-refractivity contribution in [2.24, 2.45) is 28.4 Å². The number of Topliss-reactive ketones (excluding diaryl/α,β-unsaturated/α-hetero) is 1. The standard InChI is InChI=1S/C13H14N4O2/c1-8(2)10-3-9(18)4-12(5-14,11(17)19)13(10,6-15)7-16/h8,10H,3-4H2,1-2H3,(H2,17,19)/t10-,12-/m1/s1. The number of nitrogens with zero attached hydrogens (tertiary/aromatic N) is 3. The highest BCUT2D eigenvalue weighted by Gasteiger charge is 2.66. The van der Waals surface area contributed by atoms with Crippen LogP contribution < -0.4 is 5.73 Å². The molecule has 1 aliphatic rings. The van der Waals surface area contributed by atoms with Crippen LogP contribution in [-0.2, 0) is 9.59 Å². The SMILES string of the molecule is CC(C)[C@H]1CC(=O)C[C@@](C#N)(C(N)=O)C1(C#N)C#N. The Balaban J connectivity index is 3.65. The molecular formula is C13H14N4O2. The van der Waals surface area contributed by atoms with Crippen LogP contribution in [0.15, 0.2) is 0 Å². The van der Waals surface area contributed by atoms with Crippen LogP contribution >= 0.6 is 0 Å². The number of carbonyl (C=O) groups excluding carboxylic acids is 2. The summed E-state index contributed by atoms with van der Waals surface area (Å²) in [6.07, 6.45) is -0.460. The first-order valence-electron chi connectivity index (χ1n) is 5.86. The molecule has 0 bridgehead atoms. The first-order valence-corrected chi connectivity index (χ1v) is 5.86. The molecule has 6 nitrogen and oxygen atoms in total. The van der Waals surface area contributed by atoms with Gasteiger partial charge in [-0.3, -0.25) is 9.59 Å². The molecule has 0 radical (unpaired) electrons. The molecular weight excluding hydrogens is 244 g/mol. The van der Waals surface area contributed by atoms with E-state index in [0.29, 0.717) is 0 Å². The molecule has 1 fully saturated rings. The maximum absolute atomic E-state index is 11.8. The number of amides is 1. The number of hydrogen-bond acceptors (Lipinski definition) is 5. The van der Waals surface area contributed by atoms with E-state index in [4.69, 9.17) is 5.73 Å². The first kappa shape index (κ1) is 14.7. The highest BCUT2D eigenvalue weighted by molar-refractivity contribution is 5.94. The maximum Gasteiger partial charge on any atom is 0.241 e. The topological polar surface area (TPSA) is 132 Å². The molecule has 1 saturated carbocycles. The minimum Gasteiger partial charge on any atom is -0.368 e. The lowest BCUT2D eigenvalue weighted by atomic mass is 9.50. The van der Waals surface area contributed by atoms with Gasteiger partial charge >= 0.3 is 0 Å². The Morgan fingerprint density at radius 3 is 2.16 bits per heavy atom. The molecule has 0 aromatic rings. The van der Waals surface area contributed by atoms with E-state index < -0.39 is 29.1 Å². The Labute approximate surface area is 111 Å². The number of primary amides is 1. The van der Waals surface area contributed by atoms with Crippen molar-refractivity contribution in [3.63, 3.8) is 0 Å². The monoisotopic (exact) mass is 258 g/mol. The second-order valence-corrected chi connectivity index (χ2v) is 5.18. The summed E-state index contributed by atoms with van der Waals surface area (Å²) in [5, 5.41) is 28.2. The Morgan fingerprint density at radius 1 is 1.32 bits per heavy atom. The van der Waals surface area contributed by atoms with Gasteiger partial charge in [0.15, 0.2) is 10.8 Å². The molecule has 1 aliphatic carbocycles. The van der Waals surface area contributed by atoms with Gasteiger partial charge in [-0.1, -0.05) is 13.8 Å². The molecule has 1 rings (SSSR count).